The number of benzene rings is 2. The second-order valence-electron chi connectivity index (χ2n) is 8.55. The highest BCUT2D eigenvalue weighted by atomic mass is 19.4. The Balaban J connectivity index is 1.52. The highest BCUT2D eigenvalue weighted by Gasteiger charge is 2.40. The van der Waals surface area contributed by atoms with Gasteiger partial charge in [0.05, 0.1) is 24.0 Å². The number of halogens is 5. The molecule has 0 saturated carbocycles. The minimum absolute atomic E-state index is 0.0517. The number of carbonyl (C=O) groups excluding carboxylic acids is 1. The lowest BCUT2D eigenvalue weighted by molar-refractivity contribution is -0.138. The van der Waals surface area contributed by atoms with Crippen LogP contribution >= 0.6 is 0 Å². The lowest BCUT2D eigenvalue weighted by Gasteiger charge is -2.15. The van der Waals surface area contributed by atoms with E-state index in [0.29, 0.717) is 12.0 Å². The standard InChI is InChI=1S/C26H24F5N5O3/c1-15-11-33-34-19(15)9-16-5-7-17(8-6-16)10-20-23(26(29,30)31)24(36-35-20)25(37)32-12-18-21(38-13-27)3-2-4-22(18)39-14-28/h2-8,11H,9-10,12-14H2,1H3,(H,32,37)(H,33,34)(H,35,36). The zero-order chi connectivity index (χ0) is 28.0. The minimum atomic E-state index is -4.88. The highest BCUT2D eigenvalue weighted by Crippen LogP contribution is 2.35. The Bertz CT molecular complexity index is 1390. The van der Waals surface area contributed by atoms with E-state index < -0.39 is 43.6 Å². The van der Waals surface area contributed by atoms with Gasteiger partial charge >= 0.3 is 6.18 Å². The fourth-order valence-electron chi connectivity index (χ4n) is 4.07. The molecule has 13 heteroatoms. The van der Waals surface area contributed by atoms with Crippen molar-refractivity contribution in [3.05, 3.63) is 93.6 Å². The fourth-order valence-corrected chi connectivity index (χ4v) is 4.07. The third-order valence-electron chi connectivity index (χ3n) is 5.99. The first-order valence-electron chi connectivity index (χ1n) is 11.7. The minimum Gasteiger partial charge on any atom is -0.462 e. The highest BCUT2D eigenvalue weighted by molar-refractivity contribution is 5.94. The van der Waals surface area contributed by atoms with Gasteiger partial charge in [-0.05, 0) is 35.7 Å². The lowest BCUT2D eigenvalue weighted by atomic mass is 10.0. The Morgan fingerprint density at radius 1 is 0.923 bits per heavy atom. The van der Waals surface area contributed by atoms with Crippen LogP contribution in [0.25, 0.3) is 0 Å². The lowest BCUT2D eigenvalue weighted by Crippen LogP contribution is -2.26. The molecule has 0 aliphatic heterocycles. The van der Waals surface area contributed by atoms with E-state index in [1.165, 1.54) is 18.2 Å². The number of carbonyl (C=O) groups is 1. The van der Waals surface area contributed by atoms with E-state index in [-0.39, 0.29) is 29.2 Å². The number of nitrogens with one attached hydrogen (secondary N) is 3. The van der Waals surface area contributed by atoms with Crippen LogP contribution in [-0.2, 0) is 25.6 Å². The van der Waals surface area contributed by atoms with E-state index >= 15 is 0 Å². The molecule has 0 radical (unpaired) electrons. The SMILES string of the molecule is Cc1cn[nH]c1Cc1ccc(Cc2[nH]nc(C(=O)NCc3c(OCF)cccc3OCF)c2C(F)(F)F)cc1. The van der Waals surface area contributed by atoms with Crippen molar-refractivity contribution in [2.75, 3.05) is 13.7 Å². The molecule has 3 N–H and O–H groups in total. The van der Waals surface area contributed by atoms with E-state index in [2.05, 4.69) is 25.7 Å². The van der Waals surface area contributed by atoms with Crippen molar-refractivity contribution in [2.24, 2.45) is 0 Å². The van der Waals surface area contributed by atoms with Gasteiger partial charge in [0.15, 0.2) is 5.69 Å². The summed E-state index contributed by atoms with van der Waals surface area (Å²) in [5.74, 6) is -1.27. The molecule has 4 aromatic rings. The predicted octanol–water partition coefficient (Wildman–Crippen LogP) is 5.18. The Labute approximate surface area is 219 Å². The molecule has 0 unspecified atom stereocenters. The van der Waals surface area contributed by atoms with Crippen molar-refractivity contribution in [1.29, 1.82) is 0 Å². The van der Waals surface area contributed by atoms with Crippen molar-refractivity contribution in [1.82, 2.24) is 25.7 Å². The number of hydrogen-bond acceptors (Lipinski definition) is 5. The number of aromatic nitrogens is 4. The maximum absolute atomic E-state index is 14.0. The van der Waals surface area contributed by atoms with Crippen molar-refractivity contribution >= 4 is 5.91 Å². The average Bonchev–Trinajstić information content (AvgIpc) is 3.51. The Morgan fingerprint density at radius 3 is 2.03 bits per heavy atom. The number of aryl methyl sites for hydroxylation is 1. The maximum Gasteiger partial charge on any atom is 0.420 e. The molecule has 0 saturated heterocycles. The summed E-state index contributed by atoms with van der Waals surface area (Å²) < 4.78 is 77.3. The van der Waals surface area contributed by atoms with Crippen LogP contribution in [0.3, 0.4) is 0 Å². The van der Waals surface area contributed by atoms with Gasteiger partial charge in [-0.2, -0.15) is 23.4 Å². The number of H-pyrrole nitrogens is 2. The first-order valence-corrected chi connectivity index (χ1v) is 11.7. The first-order chi connectivity index (χ1) is 18.7. The Morgan fingerprint density at radius 2 is 1.51 bits per heavy atom. The molecule has 0 fully saturated rings. The van der Waals surface area contributed by atoms with Gasteiger partial charge in [0.1, 0.15) is 17.1 Å². The van der Waals surface area contributed by atoms with Crippen LogP contribution in [-0.4, -0.2) is 40.0 Å². The molecule has 2 heterocycles. The van der Waals surface area contributed by atoms with Crippen LogP contribution in [0.15, 0.2) is 48.7 Å². The number of hydrogen-bond donors (Lipinski definition) is 3. The molecule has 0 aliphatic rings. The molecule has 206 valence electrons. The fraction of sp³-hybridized carbons (Fsp3) is 0.269. The molecule has 39 heavy (non-hydrogen) atoms. The van der Waals surface area contributed by atoms with Crippen LogP contribution in [0.1, 0.15) is 49.7 Å². The van der Waals surface area contributed by atoms with Crippen LogP contribution in [0, 0.1) is 6.92 Å². The van der Waals surface area contributed by atoms with Gasteiger partial charge in [0, 0.05) is 18.5 Å². The first kappa shape index (κ1) is 27.6. The number of nitrogens with zero attached hydrogens (tertiary/aromatic N) is 2. The van der Waals surface area contributed by atoms with Crippen LogP contribution in [0.5, 0.6) is 11.5 Å². The van der Waals surface area contributed by atoms with Gasteiger partial charge in [-0.25, -0.2) is 8.78 Å². The second-order valence-corrected chi connectivity index (χ2v) is 8.55. The van der Waals surface area contributed by atoms with Gasteiger partial charge in [-0.15, -0.1) is 0 Å². The summed E-state index contributed by atoms with van der Waals surface area (Å²) >= 11 is 0. The molecule has 0 aliphatic carbocycles. The van der Waals surface area contributed by atoms with E-state index in [1.807, 2.05) is 6.92 Å². The largest absolute Gasteiger partial charge is 0.462 e. The third-order valence-corrected chi connectivity index (χ3v) is 5.99. The van der Waals surface area contributed by atoms with Crippen molar-refractivity contribution in [2.45, 2.75) is 32.5 Å². The molecule has 4 rings (SSSR count). The molecule has 0 atom stereocenters. The summed E-state index contributed by atoms with van der Waals surface area (Å²) in [6.07, 6.45) is -2.74. The third kappa shape index (κ3) is 6.54. The zero-order valence-corrected chi connectivity index (χ0v) is 20.7. The number of rotatable bonds is 11. The summed E-state index contributed by atoms with van der Waals surface area (Å²) in [5, 5.41) is 15.2. The second kappa shape index (κ2) is 12.0. The topological polar surface area (TPSA) is 105 Å². The predicted molar refractivity (Wildman–Crippen MR) is 130 cm³/mol. The molecular formula is C26H24F5N5O3. The smallest absolute Gasteiger partial charge is 0.420 e. The quantitative estimate of drug-likeness (QED) is 0.224. The summed E-state index contributed by atoms with van der Waals surface area (Å²) in [6.45, 7) is -0.943. The van der Waals surface area contributed by atoms with E-state index in [1.54, 1.807) is 30.5 Å². The van der Waals surface area contributed by atoms with Crippen molar-refractivity contribution < 1.29 is 36.2 Å². The average molecular weight is 550 g/mol. The van der Waals surface area contributed by atoms with Gasteiger partial charge in [-0.3, -0.25) is 15.0 Å². The van der Waals surface area contributed by atoms with Gasteiger partial charge in [-0.1, -0.05) is 30.3 Å². The van der Waals surface area contributed by atoms with Crippen LogP contribution < -0.4 is 14.8 Å². The summed E-state index contributed by atoms with van der Waals surface area (Å²) in [5.41, 5.74) is 1.16. The van der Waals surface area contributed by atoms with Gasteiger partial charge < -0.3 is 14.8 Å². The van der Waals surface area contributed by atoms with Crippen LogP contribution in [0.2, 0.25) is 0 Å². The van der Waals surface area contributed by atoms with Gasteiger partial charge in [0.2, 0.25) is 13.7 Å². The number of amides is 1. The summed E-state index contributed by atoms with van der Waals surface area (Å²) in [6, 6.07) is 11.1. The molecular weight excluding hydrogens is 525 g/mol. The molecule has 0 bridgehead atoms. The van der Waals surface area contributed by atoms with Crippen LogP contribution in [0.4, 0.5) is 22.0 Å². The van der Waals surface area contributed by atoms with E-state index in [0.717, 1.165) is 16.8 Å². The summed E-state index contributed by atoms with van der Waals surface area (Å²) in [7, 11) is 0. The number of aromatic amines is 2. The Hall–Kier alpha value is -4.42. The molecule has 2 aromatic carbocycles. The van der Waals surface area contributed by atoms with Crippen molar-refractivity contribution in [3.63, 3.8) is 0 Å². The molecule has 8 nitrogen and oxygen atoms in total. The van der Waals surface area contributed by atoms with Gasteiger partial charge in [0.25, 0.3) is 5.91 Å². The number of alkyl halides is 5. The Kier molecular flexibility index (Phi) is 8.47. The van der Waals surface area contributed by atoms with E-state index in [4.69, 9.17) is 9.47 Å². The normalized spacial score (nSPS) is 11.4. The maximum atomic E-state index is 14.0. The zero-order valence-electron chi connectivity index (χ0n) is 20.7. The monoisotopic (exact) mass is 549 g/mol. The molecule has 0 spiro atoms. The molecule has 2 aromatic heterocycles. The number of ether oxygens (including phenoxy) is 2. The molecule has 1 amide bonds. The van der Waals surface area contributed by atoms with Crippen molar-refractivity contribution in [3.8, 4) is 11.5 Å². The van der Waals surface area contributed by atoms with E-state index in [9.17, 15) is 26.7 Å². The summed E-state index contributed by atoms with van der Waals surface area (Å²) in [4.78, 5) is 12.8.